The van der Waals surface area contributed by atoms with Gasteiger partial charge in [0, 0.05) is 19.0 Å². The quantitative estimate of drug-likeness (QED) is 0.844. The number of fused-ring (bicyclic) bond motifs is 1. The van der Waals surface area contributed by atoms with Gasteiger partial charge in [0.1, 0.15) is 5.82 Å². The zero-order chi connectivity index (χ0) is 13.9. The molecule has 20 heavy (non-hydrogen) atoms. The highest BCUT2D eigenvalue weighted by Gasteiger charge is 2.28. The molecule has 0 bridgehead atoms. The maximum Gasteiger partial charge on any atom is 0.230 e. The van der Waals surface area contributed by atoms with E-state index in [0.717, 1.165) is 23.9 Å². The molecule has 0 saturated heterocycles. The summed E-state index contributed by atoms with van der Waals surface area (Å²) < 4.78 is 2.19. The Morgan fingerprint density at radius 3 is 3.05 bits per heavy atom. The van der Waals surface area contributed by atoms with E-state index in [0.29, 0.717) is 17.7 Å². The first kappa shape index (κ1) is 13.9. The standard InChI is InChI=1S/C14H22N4OS/c1-10(11-6-7-11)15-13(19)9-20-14-17-16-12-5-3-2-4-8-18(12)14/h10-11H,2-9H2,1H3,(H,15,19)/t10-/m0/s1. The third kappa shape index (κ3) is 3.34. The summed E-state index contributed by atoms with van der Waals surface area (Å²) in [7, 11) is 0. The second-order valence-electron chi connectivity index (χ2n) is 5.84. The summed E-state index contributed by atoms with van der Waals surface area (Å²) in [6.07, 6.45) is 7.16. The maximum absolute atomic E-state index is 11.9. The van der Waals surface area contributed by atoms with Gasteiger partial charge in [0.25, 0.3) is 0 Å². The molecule has 1 aliphatic carbocycles. The molecule has 0 radical (unpaired) electrons. The normalized spacial score (nSPS) is 20.1. The number of carbonyl (C=O) groups excluding carboxylic acids is 1. The fourth-order valence-corrected chi connectivity index (χ4v) is 3.50. The zero-order valence-corrected chi connectivity index (χ0v) is 12.8. The Bertz CT molecular complexity index is 484. The molecule has 1 fully saturated rings. The van der Waals surface area contributed by atoms with Gasteiger partial charge in [-0.1, -0.05) is 18.2 Å². The molecule has 2 aliphatic rings. The average molecular weight is 294 g/mol. The smallest absolute Gasteiger partial charge is 0.230 e. The van der Waals surface area contributed by atoms with Crippen LogP contribution in [-0.2, 0) is 17.8 Å². The molecule has 3 rings (SSSR count). The highest BCUT2D eigenvalue weighted by atomic mass is 32.2. The summed E-state index contributed by atoms with van der Waals surface area (Å²) in [4.78, 5) is 11.9. The maximum atomic E-state index is 11.9. The molecule has 6 heteroatoms. The second kappa shape index (κ2) is 6.16. The van der Waals surface area contributed by atoms with Crippen molar-refractivity contribution >= 4 is 17.7 Å². The van der Waals surface area contributed by atoms with Crippen LogP contribution < -0.4 is 5.32 Å². The first-order valence-electron chi connectivity index (χ1n) is 7.58. The number of thioether (sulfide) groups is 1. The van der Waals surface area contributed by atoms with E-state index in [9.17, 15) is 4.79 Å². The van der Waals surface area contributed by atoms with Gasteiger partial charge in [-0.05, 0) is 38.5 Å². The monoisotopic (exact) mass is 294 g/mol. The lowest BCUT2D eigenvalue weighted by molar-refractivity contribution is -0.119. The van der Waals surface area contributed by atoms with Crippen LogP contribution in [0.5, 0.6) is 0 Å². The van der Waals surface area contributed by atoms with Crippen LogP contribution in [0.2, 0.25) is 0 Å². The molecule has 0 unspecified atom stereocenters. The summed E-state index contributed by atoms with van der Waals surface area (Å²) in [6, 6.07) is 0.318. The van der Waals surface area contributed by atoms with Crippen molar-refractivity contribution in [2.75, 3.05) is 5.75 Å². The van der Waals surface area contributed by atoms with E-state index in [4.69, 9.17) is 0 Å². The summed E-state index contributed by atoms with van der Waals surface area (Å²) in [5.41, 5.74) is 0. The minimum atomic E-state index is 0.111. The molecule has 5 nitrogen and oxygen atoms in total. The molecule has 1 aromatic heterocycles. The Morgan fingerprint density at radius 1 is 1.40 bits per heavy atom. The van der Waals surface area contributed by atoms with E-state index >= 15 is 0 Å². The number of hydrogen-bond donors (Lipinski definition) is 1. The number of carbonyl (C=O) groups is 1. The highest BCUT2D eigenvalue weighted by molar-refractivity contribution is 7.99. The molecule has 1 saturated carbocycles. The Kier molecular flexibility index (Phi) is 4.29. The van der Waals surface area contributed by atoms with Crippen LogP contribution in [-0.4, -0.2) is 32.5 Å². The van der Waals surface area contributed by atoms with Crippen molar-refractivity contribution in [2.24, 2.45) is 5.92 Å². The van der Waals surface area contributed by atoms with Crippen LogP contribution in [0, 0.1) is 5.92 Å². The van der Waals surface area contributed by atoms with E-state index in [1.165, 1.54) is 43.9 Å². The zero-order valence-electron chi connectivity index (χ0n) is 12.0. The van der Waals surface area contributed by atoms with Gasteiger partial charge in [0.2, 0.25) is 5.91 Å². The Labute approximate surface area is 123 Å². The molecule has 1 N–H and O–H groups in total. The van der Waals surface area contributed by atoms with Gasteiger partial charge in [0.15, 0.2) is 5.16 Å². The highest BCUT2D eigenvalue weighted by Crippen LogP contribution is 2.32. The van der Waals surface area contributed by atoms with Crippen LogP contribution in [0.25, 0.3) is 0 Å². The predicted octanol–water partition coefficient (Wildman–Crippen LogP) is 2.01. The largest absolute Gasteiger partial charge is 0.353 e. The third-order valence-corrected chi connectivity index (χ3v) is 5.09. The third-order valence-electron chi connectivity index (χ3n) is 4.13. The lowest BCUT2D eigenvalue weighted by atomic mass is 10.2. The van der Waals surface area contributed by atoms with Crippen LogP contribution in [0.15, 0.2) is 5.16 Å². The van der Waals surface area contributed by atoms with E-state index in [-0.39, 0.29) is 5.91 Å². The van der Waals surface area contributed by atoms with Crippen molar-refractivity contribution in [2.45, 2.75) is 63.2 Å². The molecule has 0 spiro atoms. The minimum Gasteiger partial charge on any atom is -0.353 e. The number of nitrogens with zero attached hydrogens (tertiary/aromatic N) is 3. The van der Waals surface area contributed by atoms with E-state index in [1.807, 2.05) is 0 Å². The predicted molar refractivity (Wildman–Crippen MR) is 78.6 cm³/mol. The number of aromatic nitrogens is 3. The van der Waals surface area contributed by atoms with Gasteiger partial charge in [-0.25, -0.2) is 0 Å². The topological polar surface area (TPSA) is 59.8 Å². The van der Waals surface area contributed by atoms with Crippen LogP contribution in [0.1, 0.15) is 44.9 Å². The van der Waals surface area contributed by atoms with Crippen molar-refractivity contribution in [1.82, 2.24) is 20.1 Å². The van der Waals surface area contributed by atoms with Gasteiger partial charge in [-0.2, -0.15) is 0 Å². The fourth-order valence-electron chi connectivity index (χ4n) is 2.70. The molecule has 1 amide bonds. The van der Waals surface area contributed by atoms with Gasteiger partial charge in [-0.3, -0.25) is 4.79 Å². The van der Waals surface area contributed by atoms with Gasteiger partial charge in [-0.15, -0.1) is 10.2 Å². The number of nitrogens with one attached hydrogen (secondary N) is 1. The van der Waals surface area contributed by atoms with Crippen molar-refractivity contribution in [3.63, 3.8) is 0 Å². The lowest BCUT2D eigenvalue weighted by Gasteiger charge is -2.12. The van der Waals surface area contributed by atoms with Gasteiger partial charge in [0.05, 0.1) is 5.75 Å². The van der Waals surface area contributed by atoms with E-state index < -0.39 is 0 Å². The summed E-state index contributed by atoms with van der Waals surface area (Å²) >= 11 is 1.51. The Morgan fingerprint density at radius 2 is 2.25 bits per heavy atom. The lowest BCUT2D eigenvalue weighted by Crippen LogP contribution is -2.35. The summed E-state index contributed by atoms with van der Waals surface area (Å²) in [6.45, 7) is 3.09. The molecule has 1 aromatic rings. The minimum absolute atomic E-state index is 0.111. The molecule has 2 heterocycles. The first-order chi connectivity index (χ1) is 9.74. The van der Waals surface area contributed by atoms with Crippen molar-refractivity contribution < 1.29 is 4.79 Å². The number of amides is 1. The fraction of sp³-hybridized carbons (Fsp3) is 0.786. The van der Waals surface area contributed by atoms with Crippen LogP contribution in [0.4, 0.5) is 0 Å². The molecular weight excluding hydrogens is 272 g/mol. The Hall–Kier alpha value is -1.04. The molecule has 110 valence electrons. The number of aryl methyl sites for hydroxylation is 1. The number of hydrogen-bond acceptors (Lipinski definition) is 4. The van der Waals surface area contributed by atoms with E-state index in [2.05, 4.69) is 27.0 Å². The molecule has 0 aromatic carbocycles. The van der Waals surface area contributed by atoms with Crippen LogP contribution >= 0.6 is 11.8 Å². The summed E-state index contributed by atoms with van der Waals surface area (Å²) in [5.74, 6) is 2.33. The van der Waals surface area contributed by atoms with Crippen molar-refractivity contribution in [1.29, 1.82) is 0 Å². The van der Waals surface area contributed by atoms with Crippen LogP contribution in [0.3, 0.4) is 0 Å². The second-order valence-corrected chi connectivity index (χ2v) is 6.79. The van der Waals surface area contributed by atoms with Crippen molar-refractivity contribution in [3.8, 4) is 0 Å². The molecule has 1 atom stereocenters. The molecular formula is C14H22N4OS. The Balaban J connectivity index is 1.52. The summed E-state index contributed by atoms with van der Waals surface area (Å²) in [5, 5.41) is 12.5. The van der Waals surface area contributed by atoms with E-state index in [1.54, 1.807) is 0 Å². The number of rotatable bonds is 5. The first-order valence-corrected chi connectivity index (χ1v) is 8.57. The van der Waals surface area contributed by atoms with Gasteiger partial charge < -0.3 is 9.88 Å². The van der Waals surface area contributed by atoms with Crippen molar-refractivity contribution in [3.05, 3.63) is 5.82 Å². The SMILES string of the molecule is C[C@H](NC(=O)CSc1nnc2n1CCCCC2)C1CC1. The average Bonchev–Trinajstić information content (AvgIpc) is 3.23. The van der Waals surface area contributed by atoms with Gasteiger partial charge >= 0.3 is 0 Å². The molecule has 1 aliphatic heterocycles.